The van der Waals surface area contributed by atoms with Crippen LogP contribution in [0.3, 0.4) is 0 Å². The van der Waals surface area contributed by atoms with Crippen molar-refractivity contribution in [3.63, 3.8) is 0 Å². The third-order valence-electron chi connectivity index (χ3n) is 5.30. The van der Waals surface area contributed by atoms with E-state index >= 15 is 0 Å². The number of hydrogen-bond donors (Lipinski definition) is 1. The molecule has 0 unspecified atom stereocenters. The van der Waals surface area contributed by atoms with Crippen LogP contribution >= 0.6 is 0 Å². The standard InChI is InChI=1S/C30H34N2O6/c1-4-7-19-37-26-13-9-23(10-14-26)29(33)32-31-21-22-8-17-27(28(20-22)35-6-3)38-30(34)24-11-15-25(16-12-24)36-18-5-2/h8-17,20-21H,4-7,18-19H2,1-3H3,(H,32,33)/b31-21+. The van der Waals surface area contributed by atoms with E-state index in [0.717, 1.165) is 25.0 Å². The number of rotatable bonds is 14. The minimum Gasteiger partial charge on any atom is -0.494 e. The van der Waals surface area contributed by atoms with Gasteiger partial charge < -0.3 is 18.9 Å². The summed E-state index contributed by atoms with van der Waals surface area (Å²) in [6.07, 6.45) is 4.43. The molecule has 200 valence electrons. The predicted octanol–water partition coefficient (Wildman–Crippen LogP) is 6.04. The highest BCUT2D eigenvalue weighted by Gasteiger charge is 2.14. The van der Waals surface area contributed by atoms with Crippen LogP contribution in [0.5, 0.6) is 23.0 Å². The summed E-state index contributed by atoms with van der Waals surface area (Å²) < 4.78 is 22.4. The second-order valence-electron chi connectivity index (χ2n) is 8.33. The zero-order valence-electron chi connectivity index (χ0n) is 22.1. The van der Waals surface area contributed by atoms with Crippen molar-refractivity contribution in [1.29, 1.82) is 0 Å². The maximum absolute atomic E-state index is 12.6. The summed E-state index contributed by atoms with van der Waals surface area (Å²) in [7, 11) is 0. The van der Waals surface area contributed by atoms with Gasteiger partial charge in [0, 0.05) is 5.56 Å². The van der Waals surface area contributed by atoms with Crippen molar-refractivity contribution >= 4 is 18.1 Å². The van der Waals surface area contributed by atoms with Gasteiger partial charge in [0.2, 0.25) is 0 Å². The maximum Gasteiger partial charge on any atom is 0.343 e. The summed E-state index contributed by atoms with van der Waals surface area (Å²) in [5.41, 5.74) is 4.03. The lowest BCUT2D eigenvalue weighted by Crippen LogP contribution is -2.17. The first kappa shape index (κ1) is 28.2. The first-order valence-corrected chi connectivity index (χ1v) is 12.8. The van der Waals surface area contributed by atoms with Gasteiger partial charge >= 0.3 is 5.97 Å². The molecular formula is C30H34N2O6. The topological polar surface area (TPSA) is 95.5 Å². The molecule has 0 bridgehead atoms. The van der Waals surface area contributed by atoms with E-state index in [4.69, 9.17) is 18.9 Å². The number of carbonyl (C=O) groups is 2. The largest absolute Gasteiger partial charge is 0.494 e. The molecule has 0 aromatic heterocycles. The highest BCUT2D eigenvalue weighted by Crippen LogP contribution is 2.29. The van der Waals surface area contributed by atoms with E-state index in [1.165, 1.54) is 6.21 Å². The van der Waals surface area contributed by atoms with Crippen molar-refractivity contribution in [1.82, 2.24) is 5.43 Å². The molecule has 1 amide bonds. The van der Waals surface area contributed by atoms with Crippen LogP contribution in [0.4, 0.5) is 0 Å². The van der Waals surface area contributed by atoms with Crippen LogP contribution in [0.25, 0.3) is 0 Å². The predicted molar refractivity (Wildman–Crippen MR) is 147 cm³/mol. The van der Waals surface area contributed by atoms with Crippen molar-refractivity contribution in [2.75, 3.05) is 19.8 Å². The maximum atomic E-state index is 12.6. The van der Waals surface area contributed by atoms with Crippen molar-refractivity contribution in [3.8, 4) is 23.0 Å². The number of nitrogens with one attached hydrogen (secondary N) is 1. The lowest BCUT2D eigenvalue weighted by atomic mass is 10.2. The molecule has 0 fully saturated rings. The average molecular weight is 519 g/mol. The van der Waals surface area contributed by atoms with Crippen molar-refractivity contribution in [2.24, 2.45) is 5.10 Å². The van der Waals surface area contributed by atoms with Crippen LogP contribution in [0.1, 0.15) is 66.3 Å². The minimum absolute atomic E-state index is 0.283. The number of ether oxygens (including phenoxy) is 4. The molecule has 0 aliphatic rings. The van der Waals surface area contributed by atoms with E-state index in [2.05, 4.69) is 17.5 Å². The Bertz CT molecular complexity index is 1210. The number of benzene rings is 3. The summed E-state index contributed by atoms with van der Waals surface area (Å²) >= 11 is 0. The molecule has 38 heavy (non-hydrogen) atoms. The molecule has 1 N–H and O–H groups in total. The number of amides is 1. The second kappa shape index (κ2) is 15.0. The Morgan fingerprint density at radius 2 is 1.42 bits per heavy atom. The summed E-state index contributed by atoms with van der Waals surface area (Å²) in [5.74, 6) is 1.23. The highest BCUT2D eigenvalue weighted by molar-refractivity contribution is 5.95. The number of unbranched alkanes of at least 4 members (excludes halogenated alkanes) is 1. The van der Waals surface area contributed by atoms with E-state index in [0.29, 0.717) is 48.0 Å². The van der Waals surface area contributed by atoms with E-state index in [9.17, 15) is 9.59 Å². The molecule has 3 rings (SSSR count). The molecule has 0 aliphatic carbocycles. The van der Waals surface area contributed by atoms with Crippen molar-refractivity contribution in [2.45, 2.75) is 40.0 Å². The Morgan fingerprint density at radius 1 is 0.763 bits per heavy atom. The third kappa shape index (κ3) is 8.65. The minimum atomic E-state index is -0.511. The number of carbonyl (C=O) groups excluding carboxylic acids is 2. The SMILES string of the molecule is CCCCOc1ccc(C(=O)N/N=C/c2ccc(OC(=O)c3ccc(OCCC)cc3)c(OCC)c2)cc1. The van der Waals surface area contributed by atoms with E-state index in [-0.39, 0.29) is 11.7 Å². The molecule has 0 atom stereocenters. The van der Waals surface area contributed by atoms with Gasteiger partial charge in [-0.2, -0.15) is 5.10 Å². The summed E-state index contributed by atoms with van der Waals surface area (Å²) in [4.78, 5) is 25.1. The highest BCUT2D eigenvalue weighted by atomic mass is 16.6. The number of hydrazone groups is 1. The fraction of sp³-hybridized carbons (Fsp3) is 0.300. The van der Waals surface area contributed by atoms with Gasteiger partial charge in [-0.1, -0.05) is 20.3 Å². The van der Waals surface area contributed by atoms with Gasteiger partial charge in [-0.05, 0) is 92.1 Å². The summed E-state index contributed by atoms with van der Waals surface area (Å²) in [6, 6.07) is 18.7. The van der Waals surface area contributed by atoms with E-state index < -0.39 is 5.97 Å². The van der Waals surface area contributed by atoms with Gasteiger partial charge in [-0.3, -0.25) is 4.79 Å². The Kier molecular flexibility index (Phi) is 11.2. The first-order chi connectivity index (χ1) is 18.5. The van der Waals surface area contributed by atoms with Gasteiger partial charge in [0.1, 0.15) is 11.5 Å². The molecule has 0 aliphatic heterocycles. The molecule has 8 nitrogen and oxygen atoms in total. The first-order valence-electron chi connectivity index (χ1n) is 12.8. The molecule has 0 heterocycles. The molecule has 3 aromatic carbocycles. The van der Waals surface area contributed by atoms with Gasteiger partial charge in [0.05, 0.1) is 31.6 Å². The molecule has 8 heteroatoms. The van der Waals surface area contributed by atoms with E-state index in [1.54, 1.807) is 66.7 Å². The lowest BCUT2D eigenvalue weighted by molar-refractivity contribution is 0.0728. The molecule has 0 radical (unpaired) electrons. The van der Waals surface area contributed by atoms with Crippen LogP contribution in [-0.2, 0) is 0 Å². The summed E-state index contributed by atoms with van der Waals surface area (Å²) in [6.45, 7) is 7.60. The van der Waals surface area contributed by atoms with Crippen LogP contribution in [-0.4, -0.2) is 37.9 Å². The van der Waals surface area contributed by atoms with Gasteiger partial charge in [0.15, 0.2) is 11.5 Å². The lowest BCUT2D eigenvalue weighted by Gasteiger charge is -2.12. The second-order valence-corrected chi connectivity index (χ2v) is 8.33. The zero-order valence-corrected chi connectivity index (χ0v) is 22.1. The van der Waals surface area contributed by atoms with E-state index in [1.807, 2.05) is 13.8 Å². The summed E-state index contributed by atoms with van der Waals surface area (Å²) in [5, 5.41) is 4.04. The quantitative estimate of drug-likeness (QED) is 0.0920. The zero-order chi connectivity index (χ0) is 27.2. The van der Waals surface area contributed by atoms with Gasteiger partial charge in [0.25, 0.3) is 5.91 Å². The van der Waals surface area contributed by atoms with Crippen LogP contribution in [0.2, 0.25) is 0 Å². The number of esters is 1. The Labute approximate surface area is 223 Å². The Morgan fingerprint density at radius 3 is 2.05 bits per heavy atom. The monoisotopic (exact) mass is 518 g/mol. The fourth-order valence-electron chi connectivity index (χ4n) is 3.29. The smallest absolute Gasteiger partial charge is 0.343 e. The molecular weight excluding hydrogens is 484 g/mol. The van der Waals surface area contributed by atoms with Crippen LogP contribution in [0.15, 0.2) is 71.8 Å². The molecule has 3 aromatic rings. The third-order valence-corrected chi connectivity index (χ3v) is 5.30. The number of hydrogen-bond acceptors (Lipinski definition) is 7. The van der Waals surface area contributed by atoms with Gasteiger partial charge in [-0.15, -0.1) is 0 Å². The normalized spacial score (nSPS) is 10.7. The molecule has 0 saturated heterocycles. The van der Waals surface area contributed by atoms with Crippen LogP contribution < -0.4 is 24.4 Å². The Balaban J connectivity index is 1.60. The fourth-order valence-corrected chi connectivity index (χ4v) is 3.29. The number of nitrogens with zero attached hydrogens (tertiary/aromatic N) is 1. The van der Waals surface area contributed by atoms with Crippen LogP contribution in [0, 0.1) is 0 Å². The van der Waals surface area contributed by atoms with Gasteiger partial charge in [-0.25, -0.2) is 10.2 Å². The molecule has 0 saturated carbocycles. The van der Waals surface area contributed by atoms with Crippen molar-refractivity contribution in [3.05, 3.63) is 83.4 Å². The average Bonchev–Trinajstić information content (AvgIpc) is 2.94. The molecule has 0 spiro atoms. The Hall–Kier alpha value is -4.33. The van der Waals surface area contributed by atoms with Crippen molar-refractivity contribution < 1.29 is 28.5 Å².